The lowest BCUT2D eigenvalue weighted by Crippen LogP contribution is -2.40. The Bertz CT molecular complexity index is 970. The number of carbonyl (C=O) groups excluding carboxylic acids is 1. The Labute approximate surface area is 150 Å². The highest BCUT2D eigenvalue weighted by molar-refractivity contribution is 7.94. The molecule has 1 unspecified atom stereocenters. The molecule has 1 aliphatic heterocycles. The van der Waals surface area contributed by atoms with Crippen molar-refractivity contribution in [3.8, 4) is 0 Å². The van der Waals surface area contributed by atoms with E-state index in [0.29, 0.717) is 0 Å². The van der Waals surface area contributed by atoms with Crippen molar-refractivity contribution in [2.24, 2.45) is 0 Å². The SMILES string of the molecule is O=C(c1cccc([N+](=O)[O-])c1)N(Cc1ccccc1)C1C=CS(=O)(=O)C1. The molecule has 3 rings (SSSR count). The summed E-state index contributed by atoms with van der Waals surface area (Å²) >= 11 is 0. The molecule has 7 nitrogen and oxygen atoms in total. The van der Waals surface area contributed by atoms with Crippen LogP contribution in [0, 0.1) is 10.1 Å². The molecule has 2 aromatic carbocycles. The summed E-state index contributed by atoms with van der Waals surface area (Å²) in [5, 5.41) is 12.1. The second kappa shape index (κ2) is 7.09. The van der Waals surface area contributed by atoms with E-state index in [1.807, 2.05) is 30.3 Å². The minimum Gasteiger partial charge on any atom is -0.327 e. The fourth-order valence-corrected chi connectivity index (χ4v) is 4.09. The molecule has 1 aliphatic rings. The van der Waals surface area contributed by atoms with Gasteiger partial charge in [-0.05, 0) is 17.7 Å². The lowest BCUT2D eigenvalue weighted by Gasteiger charge is -2.27. The van der Waals surface area contributed by atoms with Gasteiger partial charge >= 0.3 is 0 Å². The first-order valence-corrected chi connectivity index (χ1v) is 9.57. The summed E-state index contributed by atoms with van der Waals surface area (Å²) < 4.78 is 23.6. The number of nitro benzene ring substituents is 1. The predicted molar refractivity (Wildman–Crippen MR) is 96.1 cm³/mol. The van der Waals surface area contributed by atoms with Gasteiger partial charge in [-0.15, -0.1) is 0 Å². The van der Waals surface area contributed by atoms with E-state index < -0.39 is 26.7 Å². The maximum Gasteiger partial charge on any atom is 0.270 e. The lowest BCUT2D eigenvalue weighted by molar-refractivity contribution is -0.384. The number of hydrogen-bond donors (Lipinski definition) is 0. The summed E-state index contributed by atoms with van der Waals surface area (Å²) in [7, 11) is -3.35. The molecule has 1 heterocycles. The third kappa shape index (κ3) is 3.97. The minimum absolute atomic E-state index is 0.146. The van der Waals surface area contributed by atoms with E-state index in [2.05, 4.69) is 0 Å². The largest absolute Gasteiger partial charge is 0.327 e. The van der Waals surface area contributed by atoms with Gasteiger partial charge in [0.2, 0.25) is 0 Å². The Hall–Kier alpha value is -3.00. The average Bonchev–Trinajstić information content (AvgIpc) is 2.99. The fourth-order valence-electron chi connectivity index (χ4n) is 2.79. The first kappa shape index (κ1) is 17.8. The first-order valence-electron chi connectivity index (χ1n) is 7.86. The van der Waals surface area contributed by atoms with E-state index in [4.69, 9.17) is 0 Å². The number of rotatable bonds is 5. The molecule has 26 heavy (non-hydrogen) atoms. The molecule has 0 radical (unpaired) electrons. The average molecular weight is 372 g/mol. The Morgan fingerprint density at radius 2 is 1.88 bits per heavy atom. The lowest BCUT2D eigenvalue weighted by atomic mass is 10.1. The molecule has 0 fully saturated rings. The monoisotopic (exact) mass is 372 g/mol. The van der Waals surface area contributed by atoms with Crippen LogP contribution in [0.1, 0.15) is 15.9 Å². The van der Waals surface area contributed by atoms with Gasteiger partial charge in [0, 0.05) is 29.6 Å². The van der Waals surface area contributed by atoms with E-state index in [0.717, 1.165) is 11.0 Å². The molecule has 0 N–H and O–H groups in total. The van der Waals surface area contributed by atoms with Gasteiger partial charge in [-0.3, -0.25) is 14.9 Å². The van der Waals surface area contributed by atoms with Gasteiger partial charge in [-0.2, -0.15) is 0 Å². The summed E-state index contributed by atoms with van der Waals surface area (Å²) in [6, 6.07) is 14.0. The summed E-state index contributed by atoms with van der Waals surface area (Å²) in [5.41, 5.74) is 0.793. The number of benzene rings is 2. The van der Waals surface area contributed by atoms with Crippen LogP contribution in [0.5, 0.6) is 0 Å². The van der Waals surface area contributed by atoms with E-state index in [-0.39, 0.29) is 23.5 Å². The third-order valence-electron chi connectivity index (χ3n) is 4.07. The quantitative estimate of drug-likeness (QED) is 0.593. The highest BCUT2D eigenvalue weighted by atomic mass is 32.2. The summed E-state index contributed by atoms with van der Waals surface area (Å²) in [5.74, 6) is -0.648. The maximum atomic E-state index is 13.0. The van der Waals surface area contributed by atoms with Crippen molar-refractivity contribution < 1.29 is 18.1 Å². The predicted octanol–water partition coefficient (Wildman–Crippen LogP) is 2.55. The Morgan fingerprint density at radius 1 is 1.15 bits per heavy atom. The van der Waals surface area contributed by atoms with E-state index in [9.17, 15) is 23.3 Å². The number of hydrogen-bond acceptors (Lipinski definition) is 5. The number of amides is 1. The van der Waals surface area contributed by atoms with Crippen LogP contribution in [-0.2, 0) is 16.4 Å². The Balaban J connectivity index is 1.94. The molecule has 0 saturated carbocycles. The number of non-ortho nitro benzene ring substituents is 1. The van der Waals surface area contributed by atoms with Crippen LogP contribution in [0.15, 0.2) is 66.1 Å². The summed E-state index contributed by atoms with van der Waals surface area (Å²) in [6.45, 7) is 0.201. The van der Waals surface area contributed by atoms with Crippen molar-refractivity contribution in [3.63, 3.8) is 0 Å². The number of nitrogens with zero attached hydrogens (tertiary/aromatic N) is 2. The number of nitro groups is 1. The normalized spacial score (nSPS) is 17.8. The standard InChI is InChI=1S/C18H16N2O5S/c21-18(15-7-4-8-16(11-15)20(22)23)19(12-14-5-2-1-3-6-14)17-9-10-26(24,25)13-17/h1-11,17H,12-13H2. The van der Waals surface area contributed by atoms with Gasteiger partial charge < -0.3 is 4.90 Å². The van der Waals surface area contributed by atoms with E-state index >= 15 is 0 Å². The molecule has 0 saturated heterocycles. The van der Waals surface area contributed by atoms with Gasteiger partial charge in [0.1, 0.15) is 0 Å². The molecule has 8 heteroatoms. The number of carbonyl (C=O) groups is 1. The van der Waals surface area contributed by atoms with Crippen molar-refractivity contribution in [1.29, 1.82) is 0 Å². The highest BCUT2D eigenvalue weighted by Gasteiger charge is 2.31. The molecule has 0 aliphatic carbocycles. The van der Waals surface area contributed by atoms with Crippen molar-refractivity contribution >= 4 is 21.4 Å². The smallest absolute Gasteiger partial charge is 0.270 e. The topological polar surface area (TPSA) is 97.6 Å². The molecule has 0 spiro atoms. The van der Waals surface area contributed by atoms with Gasteiger partial charge in [0.05, 0.1) is 16.7 Å². The van der Waals surface area contributed by atoms with Gasteiger partial charge in [-0.25, -0.2) is 8.42 Å². The van der Waals surface area contributed by atoms with Crippen LogP contribution in [0.3, 0.4) is 0 Å². The van der Waals surface area contributed by atoms with Gasteiger partial charge in [-0.1, -0.05) is 36.4 Å². The molecule has 0 bridgehead atoms. The zero-order chi connectivity index (χ0) is 18.7. The third-order valence-corrected chi connectivity index (χ3v) is 5.45. The van der Waals surface area contributed by atoms with Gasteiger partial charge in [0.25, 0.3) is 11.6 Å². The Morgan fingerprint density at radius 3 is 2.50 bits per heavy atom. The second-order valence-electron chi connectivity index (χ2n) is 5.95. The molecule has 0 aromatic heterocycles. The molecule has 2 aromatic rings. The first-order chi connectivity index (χ1) is 12.4. The second-order valence-corrected chi connectivity index (χ2v) is 7.88. The van der Waals surface area contributed by atoms with Crippen molar-refractivity contribution in [3.05, 3.63) is 87.3 Å². The van der Waals surface area contributed by atoms with Crippen molar-refractivity contribution in [2.75, 3.05) is 5.75 Å². The summed E-state index contributed by atoms with van der Waals surface area (Å²) in [6.07, 6.45) is 1.48. The molecule has 1 amide bonds. The van der Waals surface area contributed by atoms with Crippen LogP contribution < -0.4 is 0 Å². The summed E-state index contributed by atoms with van der Waals surface area (Å²) in [4.78, 5) is 24.8. The van der Waals surface area contributed by atoms with Crippen molar-refractivity contribution in [1.82, 2.24) is 4.90 Å². The fraction of sp³-hybridized carbons (Fsp3) is 0.167. The van der Waals surface area contributed by atoms with Crippen LogP contribution in [0.4, 0.5) is 5.69 Å². The van der Waals surface area contributed by atoms with Crippen molar-refractivity contribution in [2.45, 2.75) is 12.6 Å². The molecule has 134 valence electrons. The minimum atomic E-state index is -3.35. The Kier molecular flexibility index (Phi) is 4.85. The van der Waals surface area contributed by atoms with E-state index in [1.54, 1.807) is 0 Å². The number of sulfone groups is 1. The maximum absolute atomic E-state index is 13.0. The van der Waals surface area contributed by atoms with E-state index in [1.165, 1.54) is 35.2 Å². The van der Waals surface area contributed by atoms with Crippen LogP contribution >= 0.6 is 0 Å². The molecule has 1 atom stereocenters. The van der Waals surface area contributed by atoms with Gasteiger partial charge in [0.15, 0.2) is 9.84 Å². The van der Waals surface area contributed by atoms with Crippen LogP contribution in [0.2, 0.25) is 0 Å². The highest BCUT2D eigenvalue weighted by Crippen LogP contribution is 2.22. The zero-order valence-electron chi connectivity index (χ0n) is 13.7. The zero-order valence-corrected chi connectivity index (χ0v) is 14.5. The molecular weight excluding hydrogens is 356 g/mol. The molecular formula is C18H16N2O5S. The van der Waals surface area contributed by atoms with Crippen LogP contribution in [-0.4, -0.2) is 35.9 Å². The van der Waals surface area contributed by atoms with Crippen LogP contribution in [0.25, 0.3) is 0 Å².